The average molecular weight is 419 g/mol. The van der Waals surface area contributed by atoms with E-state index in [1.807, 2.05) is 11.0 Å². The third-order valence-corrected chi connectivity index (χ3v) is 7.11. The Bertz CT molecular complexity index is 916. The zero-order chi connectivity index (χ0) is 21.8. The maximum atomic E-state index is 13.4. The van der Waals surface area contributed by atoms with Crippen molar-refractivity contribution in [2.45, 2.75) is 46.0 Å². The van der Waals surface area contributed by atoms with Gasteiger partial charge < -0.3 is 10.2 Å². The molecule has 1 aliphatic carbocycles. The number of carbonyl (C=O) groups excluding carboxylic acids is 2. The quantitative estimate of drug-likeness (QED) is 0.709. The molecule has 164 valence electrons. The maximum Gasteiger partial charge on any atom is 0.226 e. The summed E-state index contributed by atoms with van der Waals surface area (Å²) in [6.45, 7) is 6.28. The Labute approximate surface area is 186 Å². The summed E-state index contributed by atoms with van der Waals surface area (Å²) < 4.78 is 0. The zero-order valence-electron chi connectivity index (χ0n) is 18.8. The second-order valence-electron chi connectivity index (χ2n) is 9.38. The first-order valence-corrected chi connectivity index (χ1v) is 11.7. The molecule has 4 rings (SSSR count). The Morgan fingerprint density at radius 2 is 1.68 bits per heavy atom. The Morgan fingerprint density at radius 3 is 2.32 bits per heavy atom. The number of nitrogens with one attached hydrogen (secondary N) is 1. The van der Waals surface area contributed by atoms with Crippen molar-refractivity contribution >= 4 is 11.8 Å². The van der Waals surface area contributed by atoms with Gasteiger partial charge in [0.15, 0.2) is 0 Å². The van der Waals surface area contributed by atoms with Gasteiger partial charge in [0, 0.05) is 25.6 Å². The van der Waals surface area contributed by atoms with Crippen LogP contribution in [0.3, 0.4) is 0 Å². The smallest absolute Gasteiger partial charge is 0.226 e. The first kappa shape index (κ1) is 21.6. The van der Waals surface area contributed by atoms with Gasteiger partial charge in [0.05, 0.1) is 5.41 Å². The fraction of sp³-hybridized carbons (Fsp3) is 0.481. The molecule has 31 heavy (non-hydrogen) atoms. The highest BCUT2D eigenvalue weighted by Gasteiger charge is 2.46. The topological polar surface area (TPSA) is 49.4 Å². The van der Waals surface area contributed by atoms with Gasteiger partial charge in [-0.25, -0.2) is 0 Å². The highest BCUT2D eigenvalue weighted by Crippen LogP contribution is 2.42. The number of amides is 2. The number of piperidine rings is 1. The lowest BCUT2D eigenvalue weighted by Gasteiger charge is -2.41. The molecule has 1 heterocycles. The molecule has 2 aromatic rings. The second-order valence-corrected chi connectivity index (χ2v) is 9.38. The van der Waals surface area contributed by atoms with E-state index >= 15 is 0 Å². The van der Waals surface area contributed by atoms with Crippen LogP contribution < -0.4 is 5.32 Å². The van der Waals surface area contributed by atoms with Crippen molar-refractivity contribution in [3.8, 4) is 11.1 Å². The van der Waals surface area contributed by atoms with Gasteiger partial charge in [0.2, 0.25) is 11.8 Å². The molecule has 2 unspecified atom stereocenters. The first-order chi connectivity index (χ1) is 15.0. The van der Waals surface area contributed by atoms with Gasteiger partial charge in [0.1, 0.15) is 0 Å². The van der Waals surface area contributed by atoms with Crippen molar-refractivity contribution in [2.75, 3.05) is 19.6 Å². The fourth-order valence-corrected chi connectivity index (χ4v) is 4.90. The SMILES string of the molecule is CCCNC(=O)C1(Cc2ccccc2-c2ccccc2)CCN(C(=O)C2CC2C)CC1. The van der Waals surface area contributed by atoms with Gasteiger partial charge in [0.25, 0.3) is 0 Å². The van der Waals surface area contributed by atoms with Crippen LogP contribution in [-0.4, -0.2) is 36.3 Å². The molecule has 0 spiro atoms. The van der Waals surface area contributed by atoms with Crippen molar-refractivity contribution in [1.82, 2.24) is 10.2 Å². The predicted molar refractivity (Wildman–Crippen MR) is 124 cm³/mol. The van der Waals surface area contributed by atoms with Gasteiger partial charge in [-0.3, -0.25) is 9.59 Å². The minimum Gasteiger partial charge on any atom is -0.356 e. The summed E-state index contributed by atoms with van der Waals surface area (Å²) in [5.74, 6) is 1.16. The molecule has 4 heteroatoms. The molecular weight excluding hydrogens is 384 g/mol. The van der Waals surface area contributed by atoms with Crippen LogP contribution in [0.15, 0.2) is 54.6 Å². The molecule has 0 aromatic heterocycles. The molecule has 1 aliphatic heterocycles. The number of hydrogen-bond acceptors (Lipinski definition) is 2. The molecule has 2 aliphatic rings. The van der Waals surface area contributed by atoms with Crippen LogP contribution in [0.5, 0.6) is 0 Å². The standard InChI is InChI=1S/C27H34N2O2/c1-3-15-28-26(31)27(13-16-29(17-14-27)25(30)24-18-20(24)2)19-22-11-7-8-12-23(22)21-9-5-4-6-10-21/h4-12,20,24H,3,13-19H2,1-2H3,(H,28,31). The largest absolute Gasteiger partial charge is 0.356 e. The van der Waals surface area contributed by atoms with Crippen molar-refractivity contribution in [3.63, 3.8) is 0 Å². The van der Waals surface area contributed by atoms with E-state index in [2.05, 4.69) is 67.7 Å². The van der Waals surface area contributed by atoms with Crippen molar-refractivity contribution in [3.05, 3.63) is 60.2 Å². The van der Waals surface area contributed by atoms with Crippen LogP contribution in [0.2, 0.25) is 0 Å². The van der Waals surface area contributed by atoms with Crippen LogP contribution >= 0.6 is 0 Å². The number of nitrogens with zero attached hydrogens (tertiary/aromatic N) is 1. The van der Waals surface area contributed by atoms with E-state index in [4.69, 9.17) is 0 Å². The van der Waals surface area contributed by atoms with Crippen molar-refractivity contribution in [2.24, 2.45) is 17.3 Å². The third-order valence-electron chi connectivity index (χ3n) is 7.11. The molecule has 1 saturated carbocycles. The normalized spacial score (nSPS) is 22.1. The van der Waals surface area contributed by atoms with Gasteiger partial charge in [-0.15, -0.1) is 0 Å². The Hall–Kier alpha value is -2.62. The molecule has 0 bridgehead atoms. The highest BCUT2D eigenvalue weighted by molar-refractivity contribution is 5.85. The van der Waals surface area contributed by atoms with Crippen molar-refractivity contribution in [1.29, 1.82) is 0 Å². The molecule has 2 atom stereocenters. The highest BCUT2D eigenvalue weighted by atomic mass is 16.2. The van der Waals surface area contributed by atoms with E-state index in [1.54, 1.807) is 0 Å². The number of hydrogen-bond donors (Lipinski definition) is 1. The van der Waals surface area contributed by atoms with E-state index in [0.29, 0.717) is 37.9 Å². The lowest BCUT2D eigenvalue weighted by atomic mass is 9.72. The zero-order valence-corrected chi connectivity index (χ0v) is 18.8. The molecule has 4 nitrogen and oxygen atoms in total. The van der Waals surface area contributed by atoms with Crippen LogP contribution in [-0.2, 0) is 16.0 Å². The van der Waals surface area contributed by atoms with E-state index in [-0.39, 0.29) is 11.8 Å². The van der Waals surface area contributed by atoms with Gasteiger partial charge >= 0.3 is 0 Å². The molecule has 0 radical (unpaired) electrons. The molecule has 2 fully saturated rings. The summed E-state index contributed by atoms with van der Waals surface area (Å²) in [7, 11) is 0. The summed E-state index contributed by atoms with van der Waals surface area (Å²) in [6, 6.07) is 18.8. The lowest BCUT2D eigenvalue weighted by molar-refractivity contribution is -0.141. The summed E-state index contributed by atoms with van der Waals surface area (Å²) in [4.78, 5) is 28.1. The van der Waals surface area contributed by atoms with Crippen LogP contribution in [0.4, 0.5) is 0 Å². The Kier molecular flexibility index (Phi) is 6.45. The Morgan fingerprint density at radius 1 is 1.03 bits per heavy atom. The minimum absolute atomic E-state index is 0.143. The summed E-state index contributed by atoms with van der Waals surface area (Å²) >= 11 is 0. The van der Waals surface area contributed by atoms with Gasteiger partial charge in [-0.05, 0) is 54.7 Å². The molecule has 2 amide bonds. The Balaban J connectivity index is 1.57. The lowest BCUT2D eigenvalue weighted by Crippen LogP contribution is -2.51. The monoisotopic (exact) mass is 418 g/mol. The fourth-order valence-electron chi connectivity index (χ4n) is 4.90. The molecule has 2 aromatic carbocycles. The van der Waals surface area contributed by atoms with Crippen LogP contribution in [0, 0.1) is 17.3 Å². The molecule has 1 saturated heterocycles. The van der Waals surface area contributed by atoms with E-state index in [0.717, 1.165) is 25.7 Å². The summed E-state index contributed by atoms with van der Waals surface area (Å²) in [5, 5.41) is 3.17. The first-order valence-electron chi connectivity index (χ1n) is 11.7. The van der Waals surface area contributed by atoms with Gasteiger partial charge in [-0.2, -0.15) is 0 Å². The van der Waals surface area contributed by atoms with E-state index in [1.165, 1.54) is 16.7 Å². The summed E-state index contributed by atoms with van der Waals surface area (Å²) in [6.07, 6.45) is 4.08. The minimum atomic E-state index is -0.466. The third kappa shape index (κ3) is 4.68. The summed E-state index contributed by atoms with van der Waals surface area (Å²) in [5.41, 5.74) is 3.11. The second kappa shape index (κ2) is 9.25. The maximum absolute atomic E-state index is 13.4. The van der Waals surface area contributed by atoms with Crippen LogP contribution in [0.25, 0.3) is 11.1 Å². The molecular formula is C27H34N2O2. The number of likely N-dealkylation sites (tertiary alicyclic amines) is 1. The van der Waals surface area contributed by atoms with Crippen molar-refractivity contribution < 1.29 is 9.59 Å². The van der Waals surface area contributed by atoms with Crippen LogP contribution in [0.1, 0.15) is 45.1 Å². The number of rotatable bonds is 7. The van der Waals surface area contributed by atoms with Gasteiger partial charge in [-0.1, -0.05) is 68.4 Å². The predicted octanol–water partition coefficient (Wildman–Crippen LogP) is 4.69. The van der Waals surface area contributed by atoms with E-state index in [9.17, 15) is 9.59 Å². The van der Waals surface area contributed by atoms with E-state index < -0.39 is 5.41 Å². The average Bonchev–Trinajstić information content (AvgIpc) is 3.55. The number of benzene rings is 2. The molecule has 1 N–H and O–H groups in total. The number of carbonyl (C=O) groups is 2.